The molecule has 138 valence electrons. The normalized spacial score (nSPS) is 14.0. The number of H-pyrrole nitrogens is 1. The summed E-state index contributed by atoms with van der Waals surface area (Å²) in [7, 11) is 0. The zero-order chi connectivity index (χ0) is 19.4. The smallest absolute Gasteiger partial charge is 0.0509 e. The molecule has 0 fully saturated rings. The van der Waals surface area contributed by atoms with E-state index in [0.717, 1.165) is 0 Å². The summed E-state index contributed by atoms with van der Waals surface area (Å²) >= 11 is 0. The van der Waals surface area contributed by atoms with Crippen molar-refractivity contribution in [2.45, 2.75) is 12.3 Å². The molecule has 0 unspecified atom stereocenters. The van der Waals surface area contributed by atoms with Crippen LogP contribution < -0.4 is 0 Å². The van der Waals surface area contributed by atoms with E-state index in [1.165, 1.54) is 50.0 Å². The van der Waals surface area contributed by atoms with Crippen LogP contribution in [0, 0.1) is 0 Å². The Kier molecular flexibility index (Phi) is 3.36. The molecule has 1 aliphatic rings. The molecule has 1 aliphatic carbocycles. The first-order valence-corrected chi connectivity index (χ1v) is 10.1. The van der Waals surface area contributed by atoms with Crippen molar-refractivity contribution in [3.05, 3.63) is 120 Å². The lowest BCUT2D eigenvalue weighted by molar-refractivity contribution is 0.723. The van der Waals surface area contributed by atoms with Crippen LogP contribution in [0.2, 0.25) is 0 Å². The molecule has 0 aliphatic heterocycles. The first kappa shape index (κ1) is 16.4. The minimum absolute atomic E-state index is 0.224. The summed E-state index contributed by atoms with van der Waals surface area (Å²) in [4.78, 5) is 3.74. The van der Waals surface area contributed by atoms with E-state index in [0.29, 0.717) is 0 Å². The van der Waals surface area contributed by atoms with Crippen LogP contribution in [0.4, 0.5) is 0 Å². The van der Waals surface area contributed by atoms with Crippen LogP contribution in [0.5, 0.6) is 0 Å². The lowest BCUT2D eigenvalue weighted by Crippen LogP contribution is -2.23. The van der Waals surface area contributed by atoms with Crippen molar-refractivity contribution in [2.24, 2.45) is 0 Å². The molecule has 1 heteroatoms. The van der Waals surface area contributed by atoms with Crippen LogP contribution in [0.3, 0.4) is 0 Å². The van der Waals surface area contributed by atoms with Gasteiger partial charge in [-0.3, -0.25) is 0 Å². The highest BCUT2D eigenvalue weighted by Crippen LogP contribution is 2.55. The van der Waals surface area contributed by atoms with Crippen molar-refractivity contribution >= 4 is 10.9 Å². The van der Waals surface area contributed by atoms with E-state index in [1.807, 2.05) is 0 Å². The van der Waals surface area contributed by atoms with Gasteiger partial charge in [-0.05, 0) is 40.8 Å². The molecule has 6 rings (SSSR count). The molecule has 4 aromatic carbocycles. The number of aromatic amines is 1. The average Bonchev–Trinajstić information content (AvgIpc) is 3.30. The molecular weight excluding hydrogens is 350 g/mol. The number of rotatable bonds is 2. The third-order valence-electron chi connectivity index (χ3n) is 6.49. The highest BCUT2D eigenvalue weighted by Gasteiger charge is 2.43. The third kappa shape index (κ3) is 2.16. The van der Waals surface area contributed by atoms with E-state index in [2.05, 4.69) is 115 Å². The van der Waals surface area contributed by atoms with E-state index < -0.39 is 0 Å². The monoisotopic (exact) mass is 371 g/mol. The number of benzene rings is 4. The maximum atomic E-state index is 3.74. The van der Waals surface area contributed by atoms with E-state index in [1.54, 1.807) is 0 Å². The van der Waals surface area contributed by atoms with Crippen LogP contribution in [0.1, 0.15) is 23.6 Å². The van der Waals surface area contributed by atoms with Crippen LogP contribution in [-0.4, -0.2) is 4.98 Å². The van der Waals surface area contributed by atoms with Gasteiger partial charge < -0.3 is 4.98 Å². The molecule has 0 atom stereocenters. The quantitative estimate of drug-likeness (QED) is 0.338. The Hall–Kier alpha value is -3.58. The Morgan fingerprint density at radius 2 is 1.14 bits per heavy atom. The van der Waals surface area contributed by atoms with Gasteiger partial charge in [0.15, 0.2) is 0 Å². The maximum Gasteiger partial charge on any atom is 0.0509 e. The van der Waals surface area contributed by atoms with Crippen molar-refractivity contribution in [1.29, 1.82) is 0 Å². The second-order valence-electron chi connectivity index (χ2n) is 8.00. The fraction of sp³-hybridized carbons (Fsp3) is 0.0714. The van der Waals surface area contributed by atoms with Crippen molar-refractivity contribution in [2.75, 3.05) is 0 Å². The minimum Gasteiger partial charge on any atom is -0.354 e. The van der Waals surface area contributed by atoms with E-state index in [9.17, 15) is 0 Å². The van der Waals surface area contributed by atoms with Crippen molar-refractivity contribution < 1.29 is 0 Å². The Balaban J connectivity index is 1.78. The van der Waals surface area contributed by atoms with Crippen molar-refractivity contribution in [3.63, 3.8) is 0 Å². The molecule has 0 saturated heterocycles. The van der Waals surface area contributed by atoms with E-state index >= 15 is 0 Å². The molecule has 0 saturated carbocycles. The van der Waals surface area contributed by atoms with Crippen molar-refractivity contribution in [3.8, 4) is 22.4 Å². The molecule has 1 heterocycles. The van der Waals surface area contributed by atoms with Gasteiger partial charge in [-0.2, -0.15) is 0 Å². The summed E-state index contributed by atoms with van der Waals surface area (Å²) < 4.78 is 0. The Bertz CT molecular complexity index is 1310. The molecule has 5 aromatic rings. The van der Waals surface area contributed by atoms with Gasteiger partial charge >= 0.3 is 0 Å². The van der Waals surface area contributed by atoms with Gasteiger partial charge in [0, 0.05) is 21.9 Å². The standard InChI is InChI=1S/C28H21N/c1-28(23-16-8-5-13-20(23)21-14-6-9-17-24(21)28)26-22-15-7-10-18-25(22)29-27(26)19-11-3-2-4-12-19/h2-18,29H,1H3. The summed E-state index contributed by atoms with van der Waals surface area (Å²) in [6.07, 6.45) is 0. The molecule has 0 amide bonds. The summed E-state index contributed by atoms with van der Waals surface area (Å²) in [5, 5.41) is 1.29. The largest absolute Gasteiger partial charge is 0.354 e. The number of para-hydroxylation sites is 1. The second-order valence-corrected chi connectivity index (χ2v) is 8.00. The Morgan fingerprint density at radius 3 is 1.83 bits per heavy atom. The Morgan fingerprint density at radius 1 is 0.586 bits per heavy atom. The molecule has 0 radical (unpaired) electrons. The van der Waals surface area contributed by atoms with Crippen LogP contribution >= 0.6 is 0 Å². The first-order chi connectivity index (χ1) is 14.3. The number of aromatic nitrogens is 1. The fourth-order valence-corrected chi connectivity index (χ4v) is 5.21. The summed E-state index contributed by atoms with van der Waals surface area (Å²) in [6.45, 7) is 2.39. The zero-order valence-electron chi connectivity index (χ0n) is 16.3. The number of fused-ring (bicyclic) bond motifs is 4. The van der Waals surface area contributed by atoms with Gasteiger partial charge in [-0.15, -0.1) is 0 Å². The minimum atomic E-state index is -0.224. The van der Waals surface area contributed by atoms with Gasteiger partial charge in [-0.1, -0.05) is 97.1 Å². The second kappa shape index (κ2) is 5.96. The molecular formula is C28H21N. The van der Waals surface area contributed by atoms with Gasteiger partial charge in [0.25, 0.3) is 0 Å². The zero-order valence-corrected chi connectivity index (χ0v) is 16.3. The summed E-state index contributed by atoms with van der Waals surface area (Å²) in [5.74, 6) is 0. The molecule has 29 heavy (non-hydrogen) atoms. The highest BCUT2D eigenvalue weighted by atomic mass is 14.7. The number of hydrogen-bond donors (Lipinski definition) is 1. The van der Waals surface area contributed by atoms with Gasteiger partial charge in [0.1, 0.15) is 0 Å². The van der Waals surface area contributed by atoms with Gasteiger partial charge in [0.2, 0.25) is 0 Å². The van der Waals surface area contributed by atoms with Crippen LogP contribution in [0.25, 0.3) is 33.3 Å². The predicted molar refractivity (Wildman–Crippen MR) is 121 cm³/mol. The highest BCUT2D eigenvalue weighted by molar-refractivity contribution is 5.96. The van der Waals surface area contributed by atoms with Crippen LogP contribution in [-0.2, 0) is 5.41 Å². The SMILES string of the molecule is CC1(c2c(-c3ccccc3)[nH]c3ccccc23)c2ccccc2-c2ccccc21. The third-order valence-corrected chi connectivity index (χ3v) is 6.49. The van der Waals surface area contributed by atoms with Crippen LogP contribution in [0.15, 0.2) is 103 Å². The van der Waals surface area contributed by atoms with Gasteiger partial charge in [-0.25, -0.2) is 0 Å². The predicted octanol–water partition coefficient (Wildman–Crippen LogP) is 7.17. The molecule has 0 spiro atoms. The number of nitrogens with one attached hydrogen (secondary N) is 1. The summed E-state index contributed by atoms with van der Waals surface area (Å²) in [5.41, 5.74) is 10.2. The van der Waals surface area contributed by atoms with E-state index in [-0.39, 0.29) is 5.41 Å². The lowest BCUT2D eigenvalue weighted by Gasteiger charge is -2.29. The molecule has 0 bridgehead atoms. The lowest BCUT2D eigenvalue weighted by atomic mass is 9.72. The molecule has 1 N–H and O–H groups in total. The average molecular weight is 371 g/mol. The topological polar surface area (TPSA) is 15.8 Å². The van der Waals surface area contributed by atoms with E-state index in [4.69, 9.17) is 0 Å². The summed E-state index contributed by atoms with van der Waals surface area (Å²) in [6, 6.07) is 37.1. The van der Waals surface area contributed by atoms with Gasteiger partial charge in [0.05, 0.1) is 5.69 Å². The Labute approximate surface area is 170 Å². The molecule has 1 nitrogen and oxygen atoms in total. The number of hydrogen-bond acceptors (Lipinski definition) is 0. The fourth-order valence-electron chi connectivity index (χ4n) is 5.21. The van der Waals surface area contributed by atoms with Crippen molar-refractivity contribution in [1.82, 2.24) is 4.98 Å². The molecule has 1 aromatic heterocycles. The maximum absolute atomic E-state index is 3.74. The first-order valence-electron chi connectivity index (χ1n) is 10.1.